The van der Waals surface area contributed by atoms with Crippen molar-refractivity contribution in [3.05, 3.63) is 59.7 Å². The van der Waals surface area contributed by atoms with Crippen molar-refractivity contribution in [1.29, 1.82) is 0 Å². The Morgan fingerprint density at radius 1 is 1.03 bits per heavy atom. The second-order valence-corrected chi connectivity index (χ2v) is 8.21. The highest BCUT2D eigenvalue weighted by Crippen LogP contribution is 2.35. The minimum atomic E-state index is -0.760. The van der Waals surface area contributed by atoms with Crippen LogP contribution in [0.3, 0.4) is 0 Å². The molecule has 2 aliphatic rings. The zero-order valence-electron chi connectivity index (χ0n) is 17.5. The van der Waals surface area contributed by atoms with Crippen LogP contribution in [0.5, 0.6) is 5.75 Å². The fourth-order valence-electron chi connectivity index (χ4n) is 3.91. The molecule has 1 aliphatic heterocycles. The normalized spacial score (nSPS) is 18.8. The summed E-state index contributed by atoms with van der Waals surface area (Å²) in [5.74, 6) is 0.210. The topological polar surface area (TPSA) is 66.9 Å². The summed E-state index contributed by atoms with van der Waals surface area (Å²) in [6, 6.07) is 13.6. The zero-order valence-corrected chi connectivity index (χ0v) is 17.5. The molecular formula is C24H26N2O4. The number of carbonyl (C=O) groups is 3. The van der Waals surface area contributed by atoms with Gasteiger partial charge in [-0.15, -0.1) is 0 Å². The van der Waals surface area contributed by atoms with E-state index in [-0.39, 0.29) is 30.2 Å². The van der Waals surface area contributed by atoms with Crippen LogP contribution in [0.15, 0.2) is 48.5 Å². The predicted octanol–water partition coefficient (Wildman–Crippen LogP) is 3.76. The molecule has 1 unspecified atom stereocenters. The molecule has 4 rings (SSSR count). The van der Waals surface area contributed by atoms with Crippen molar-refractivity contribution in [3.8, 4) is 5.75 Å². The van der Waals surface area contributed by atoms with E-state index in [1.54, 1.807) is 48.4 Å². The van der Waals surface area contributed by atoms with E-state index in [9.17, 15) is 14.4 Å². The number of nitrogens with zero attached hydrogens (tertiary/aromatic N) is 2. The standard InChI is InChI=1S/C24H26N2O4/c1-15(2)16-4-8-19(9-5-16)26-22(27)14-21(24(26)29)25(18-10-11-18)23(28)17-6-12-20(30-3)13-7-17/h4-9,12-13,15,18,21H,10-11,14H2,1-3H3. The summed E-state index contributed by atoms with van der Waals surface area (Å²) < 4.78 is 5.16. The Morgan fingerprint density at radius 3 is 2.20 bits per heavy atom. The summed E-state index contributed by atoms with van der Waals surface area (Å²) in [5.41, 5.74) is 2.19. The Morgan fingerprint density at radius 2 is 1.67 bits per heavy atom. The zero-order chi connectivity index (χ0) is 21.4. The number of benzene rings is 2. The SMILES string of the molecule is COc1ccc(C(=O)N(C2CC2)C2CC(=O)N(c3ccc(C(C)C)cc3)C2=O)cc1. The summed E-state index contributed by atoms with van der Waals surface area (Å²) >= 11 is 0. The molecule has 1 saturated heterocycles. The van der Waals surface area contributed by atoms with E-state index in [1.165, 1.54) is 4.90 Å². The molecule has 1 atom stereocenters. The van der Waals surface area contributed by atoms with Gasteiger partial charge in [-0.2, -0.15) is 0 Å². The number of anilines is 1. The second-order valence-electron chi connectivity index (χ2n) is 8.21. The van der Waals surface area contributed by atoms with Crippen LogP contribution in [0, 0.1) is 0 Å². The van der Waals surface area contributed by atoms with E-state index in [0.717, 1.165) is 18.4 Å². The van der Waals surface area contributed by atoms with E-state index < -0.39 is 6.04 Å². The Labute approximate surface area is 176 Å². The molecule has 2 fully saturated rings. The fourth-order valence-corrected chi connectivity index (χ4v) is 3.91. The summed E-state index contributed by atoms with van der Waals surface area (Å²) in [6.07, 6.45) is 1.72. The van der Waals surface area contributed by atoms with E-state index in [2.05, 4.69) is 13.8 Å². The Balaban J connectivity index is 1.59. The minimum absolute atomic E-state index is 0.00428. The first-order valence-electron chi connectivity index (χ1n) is 10.3. The smallest absolute Gasteiger partial charge is 0.257 e. The third-order valence-electron chi connectivity index (χ3n) is 5.79. The molecule has 0 radical (unpaired) electrons. The molecule has 6 nitrogen and oxygen atoms in total. The average molecular weight is 406 g/mol. The van der Waals surface area contributed by atoms with Crippen molar-refractivity contribution in [1.82, 2.24) is 4.90 Å². The molecule has 30 heavy (non-hydrogen) atoms. The van der Waals surface area contributed by atoms with Crippen molar-refractivity contribution in [2.75, 3.05) is 12.0 Å². The third-order valence-corrected chi connectivity index (χ3v) is 5.79. The molecular weight excluding hydrogens is 380 g/mol. The predicted molar refractivity (Wildman–Crippen MR) is 114 cm³/mol. The van der Waals surface area contributed by atoms with Crippen molar-refractivity contribution in [2.24, 2.45) is 0 Å². The maximum Gasteiger partial charge on any atom is 0.257 e. The van der Waals surface area contributed by atoms with Gasteiger partial charge in [-0.05, 0) is 60.7 Å². The lowest BCUT2D eigenvalue weighted by Gasteiger charge is -2.27. The largest absolute Gasteiger partial charge is 0.497 e. The number of rotatable bonds is 6. The van der Waals surface area contributed by atoms with Crippen molar-refractivity contribution in [3.63, 3.8) is 0 Å². The Hall–Kier alpha value is -3.15. The fraction of sp³-hybridized carbons (Fsp3) is 0.375. The van der Waals surface area contributed by atoms with Crippen LogP contribution in [-0.2, 0) is 9.59 Å². The number of methoxy groups -OCH3 is 1. The number of hydrogen-bond donors (Lipinski definition) is 0. The van der Waals surface area contributed by atoms with Gasteiger partial charge in [-0.25, -0.2) is 4.90 Å². The van der Waals surface area contributed by atoms with E-state index in [4.69, 9.17) is 4.74 Å². The van der Waals surface area contributed by atoms with E-state index in [0.29, 0.717) is 22.9 Å². The molecule has 1 heterocycles. The molecule has 3 amide bonds. The molecule has 156 valence electrons. The van der Waals surface area contributed by atoms with Gasteiger partial charge in [0, 0.05) is 11.6 Å². The highest BCUT2D eigenvalue weighted by molar-refractivity contribution is 6.23. The molecule has 1 aliphatic carbocycles. The molecule has 2 aromatic carbocycles. The lowest BCUT2D eigenvalue weighted by atomic mass is 10.0. The van der Waals surface area contributed by atoms with E-state index in [1.807, 2.05) is 12.1 Å². The number of carbonyl (C=O) groups excluding carboxylic acids is 3. The molecule has 1 saturated carbocycles. The van der Waals surface area contributed by atoms with Gasteiger partial charge in [0.25, 0.3) is 11.8 Å². The van der Waals surface area contributed by atoms with Crippen LogP contribution in [0.25, 0.3) is 0 Å². The number of ether oxygens (including phenoxy) is 1. The van der Waals surface area contributed by atoms with Gasteiger partial charge in [0.15, 0.2) is 0 Å². The first-order valence-corrected chi connectivity index (χ1v) is 10.3. The highest BCUT2D eigenvalue weighted by atomic mass is 16.5. The third kappa shape index (κ3) is 3.70. The summed E-state index contributed by atoms with van der Waals surface area (Å²) in [6.45, 7) is 4.19. The molecule has 0 N–H and O–H groups in total. The number of imide groups is 1. The van der Waals surface area contributed by atoms with Crippen LogP contribution in [0.1, 0.15) is 54.9 Å². The van der Waals surface area contributed by atoms with Gasteiger partial charge in [0.05, 0.1) is 19.2 Å². The van der Waals surface area contributed by atoms with Crippen LogP contribution in [-0.4, -0.2) is 41.8 Å². The van der Waals surface area contributed by atoms with Crippen molar-refractivity contribution in [2.45, 2.75) is 51.1 Å². The van der Waals surface area contributed by atoms with Gasteiger partial charge in [-0.3, -0.25) is 14.4 Å². The first kappa shape index (κ1) is 20.1. The lowest BCUT2D eigenvalue weighted by Crippen LogP contribution is -2.46. The summed E-state index contributed by atoms with van der Waals surface area (Å²) in [4.78, 5) is 42.1. The van der Waals surface area contributed by atoms with Crippen molar-refractivity contribution < 1.29 is 19.1 Å². The summed E-state index contributed by atoms with van der Waals surface area (Å²) in [7, 11) is 1.57. The van der Waals surface area contributed by atoms with Gasteiger partial charge in [0.2, 0.25) is 5.91 Å². The number of hydrogen-bond acceptors (Lipinski definition) is 4. The minimum Gasteiger partial charge on any atom is -0.497 e. The van der Waals surface area contributed by atoms with Gasteiger partial charge in [0.1, 0.15) is 11.8 Å². The molecule has 2 aromatic rings. The van der Waals surface area contributed by atoms with Gasteiger partial charge < -0.3 is 9.64 Å². The molecule has 6 heteroatoms. The van der Waals surface area contributed by atoms with Crippen LogP contribution >= 0.6 is 0 Å². The molecule has 0 aromatic heterocycles. The highest BCUT2D eigenvalue weighted by Gasteiger charge is 2.48. The number of amides is 3. The second kappa shape index (κ2) is 7.94. The maximum atomic E-state index is 13.2. The first-order chi connectivity index (χ1) is 14.4. The Kier molecular flexibility index (Phi) is 5.33. The van der Waals surface area contributed by atoms with Crippen LogP contribution in [0.4, 0.5) is 5.69 Å². The van der Waals surface area contributed by atoms with Gasteiger partial charge in [-0.1, -0.05) is 26.0 Å². The van der Waals surface area contributed by atoms with Crippen molar-refractivity contribution >= 4 is 23.4 Å². The molecule has 0 bridgehead atoms. The average Bonchev–Trinajstić information content (AvgIpc) is 3.54. The quantitative estimate of drug-likeness (QED) is 0.685. The van der Waals surface area contributed by atoms with Crippen LogP contribution in [0.2, 0.25) is 0 Å². The molecule has 0 spiro atoms. The van der Waals surface area contributed by atoms with E-state index >= 15 is 0 Å². The Bertz CT molecular complexity index is 962. The lowest BCUT2D eigenvalue weighted by molar-refractivity contribution is -0.122. The maximum absolute atomic E-state index is 13.2. The summed E-state index contributed by atoms with van der Waals surface area (Å²) in [5, 5.41) is 0. The monoisotopic (exact) mass is 406 g/mol. The van der Waals surface area contributed by atoms with Gasteiger partial charge >= 0.3 is 0 Å². The van der Waals surface area contributed by atoms with Crippen LogP contribution < -0.4 is 9.64 Å².